The normalized spacial score (nSPS) is 15.3. The number of hydrogen-bond acceptors (Lipinski definition) is 7. The van der Waals surface area contributed by atoms with E-state index in [1.807, 2.05) is 0 Å². The molecule has 2 aromatic rings. The number of esters is 1. The Hall–Kier alpha value is -3.75. The fourth-order valence-electron chi connectivity index (χ4n) is 2.54. The number of carbonyl (C=O) groups excluding carboxylic acids is 2. The highest BCUT2D eigenvalue weighted by molar-refractivity contribution is 6.32. The quantitative estimate of drug-likeness (QED) is 0.337. The largest absolute Gasteiger partial charge is 0.459 e. The SMILES string of the molecule is CC1=NN(c2ccc(C(=O)OC(C)C)cc2)C(=O)C1=Cc1ccc([N+](=O)[O-])o1. The van der Waals surface area contributed by atoms with Gasteiger partial charge < -0.3 is 9.15 Å². The number of nitro groups is 1. The Labute approximate surface area is 160 Å². The minimum Gasteiger partial charge on any atom is -0.459 e. The molecular formula is C19H17N3O6. The summed E-state index contributed by atoms with van der Waals surface area (Å²) in [5.41, 5.74) is 1.53. The number of benzene rings is 1. The lowest BCUT2D eigenvalue weighted by atomic mass is 10.1. The molecular weight excluding hydrogens is 366 g/mol. The lowest BCUT2D eigenvalue weighted by Gasteiger charge is -2.13. The fraction of sp³-hybridized carbons (Fsp3) is 0.211. The van der Waals surface area contributed by atoms with Gasteiger partial charge in [0.25, 0.3) is 5.91 Å². The monoisotopic (exact) mass is 383 g/mol. The molecule has 0 saturated heterocycles. The summed E-state index contributed by atoms with van der Waals surface area (Å²) in [4.78, 5) is 34.7. The van der Waals surface area contributed by atoms with Gasteiger partial charge in [0.15, 0.2) is 0 Å². The van der Waals surface area contributed by atoms with Gasteiger partial charge in [0.05, 0.1) is 34.7 Å². The molecule has 1 aromatic heterocycles. The molecule has 1 aromatic carbocycles. The highest BCUT2D eigenvalue weighted by Crippen LogP contribution is 2.26. The van der Waals surface area contributed by atoms with Gasteiger partial charge in [0.2, 0.25) is 0 Å². The van der Waals surface area contributed by atoms with E-state index in [4.69, 9.17) is 9.15 Å². The predicted octanol–water partition coefficient (Wildman–Crippen LogP) is 3.56. The van der Waals surface area contributed by atoms with E-state index in [0.717, 1.165) is 0 Å². The molecule has 1 aliphatic heterocycles. The summed E-state index contributed by atoms with van der Waals surface area (Å²) in [6.45, 7) is 5.16. The van der Waals surface area contributed by atoms with Crippen LogP contribution in [0, 0.1) is 10.1 Å². The molecule has 0 fully saturated rings. The van der Waals surface area contributed by atoms with E-state index >= 15 is 0 Å². The second-order valence-corrected chi connectivity index (χ2v) is 6.29. The summed E-state index contributed by atoms with van der Waals surface area (Å²) in [7, 11) is 0. The zero-order valence-corrected chi connectivity index (χ0v) is 15.4. The maximum atomic E-state index is 12.7. The van der Waals surface area contributed by atoms with Crippen LogP contribution < -0.4 is 5.01 Å². The van der Waals surface area contributed by atoms with Gasteiger partial charge in [-0.1, -0.05) is 0 Å². The van der Waals surface area contributed by atoms with Crippen LogP contribution in [0.4, 0.5) is 11.6 Å². The van der Waals surface area contributed by atoms with Gasteiger partial charge in [-0.3, -0.25) is 14.9 Å². The molecule has 9 nitrogen and oxygen atoms in total. The van der Waals surface area contributed by atoms with E-state index in [2.05, 4.69) is 5.10 Å². The molecule has 0 radical (unpaired) electrons. The molecule has 0 bridgehead atoms. The third-order valence-electron chi connectivity index (χ3n) is 3.83. The summed E-state index contributed by atoms with van der Waals surface area (Å²) in [6.07, 6.45) is 1.17. The summed E-state index contributed by atoms with van der Waals surface area (Å²) >= 11 is 0. The molecule has 144 valence electrons. The zero-order chi connectivity index (χ0) is 20.4. The minimum atomic E-state index is -0.655. The van der Waals surface area contributed by atoms with Crippen molar-refractivity contribution in [3.05, 3.63) is 63.4 Å². The molecule has 1 aliphatic rings. The Morgan fingerprint density at radius 2 is 1.93 bits per heavy atom. The van der Waals surface area contributed by atoms with Gasteiger partial charge in [-0.2, -0.15) is 10.1 Å². The number of anilines is 1. The van der Waals surface area contributed by atoms with Crippen molar-refractivity contribution < 1.29 is 23.7 Å². The summed E-state index contributed by atoms with van der Waals surface area (Å²) in [5.74, 6) is -1.09. The van der Waals surface area contributed by atoms with Crippen LogP contribution in [0.5, 0.6) is 0 Å². The first-order valence-corrected chi connectivity index (χ1v) is 8.43. The maximum absolute atomic E-state index is 12.7. The summed E-state index contributed by atoms with van der Waals surface area (Å²) in [6, 6.07) is 8.90. The molecule has 0 spiro atoms. The average Bonchev–Trinajstić information content (AvgIpc) is 3.22. The molecule has 3 rings (SSSR count). The highest BCUT2D eigenvalue weighted by Gasteiger charge is 2.29. The standard InChI is InChI=1S/C19H17N3O6/c1-11(2)27-19(24)13-4-6-14(7-5-13)21-18(23)16(12(3)20-21)10-15-8-9-17(28-15)22(25)26/h4-11H,1-3H3. The van der Waals surface area contributed by atoms with Gasteiger partial charge in [-0.25, -0.2) is 4.79 Å². The van der Waals surface area contributed by atoms with E-state index in [0.29, 0.717) is 17.0 Å². The molecule has 28 heavy (non-hydrogen) atoms. The first kappa shape index (κ1) is 19.0. The Kier molecular flexibility index (Phi) is 5.08. The highest BCUT2D eigenvalue weighted by atomic mass is 16.6. The number of rotatable bonds is 5. The van der Waals surface area contributed by atoms with Crippen LogP contribution in [0.15, 0.2) is 51.5 Å². The van der Waals surface area contributed by atoms with Gasteiger partial charge in [-0.05, 0) is 57.2 Å². The molecule has 9 heteroatoms. The average molecular weight is 383 g/mol. The molecule has 0 saturated carbocycles. The van der Waals surface area contributed by atoms with Crippen molar-refractivity contribution in [2.45, 2.75) is 26.9 Å². The first-order chi connectivity index (χ1) is 13.3. The number of nitrogens with zero attached hydrogens (tertiary/aromatic N) is 3. The van der Waals surface area contributed by atoms with Crippen LogP contribution in [0.2, 0.25) is 0 Å². The van der Waals surface area contributed by atoms with Crippen LogP contribution in [-0.2, 0) is 9.53 Å². The molecule has 0 atom stereocenters. The predicted molar refractivity (Wildman–Crippen MR) is 101 cm³/mol. The third-order valence-corrected chi connectivity index (χ3v) is 3.83. The van der Waals surface area contributed by atoms with Gasteiger partial charge in [0, 0.05) is 0 Å². The summed E-state index contributed by atoms with van der Waals surface area (Å²) in [5, 5.41) is 16.1. The van der Waals surface area contributed by atoms with Crippen molar-refractivity contribution in [1.29, 1.82) is 0 Å². The van der Waals surface area contributed by atoms with Gasteiger partial charge >= 0.3 is 11.9 Å². The lowest BCUT2D eigenvalue weighted by Crippen LogP contribution is -2.21. The van der Waals surface area contributed by atoms with Crippen molar-refractivity contribution in [2.24, 2.45) is 5.10 Å². The minimum absolute atomic E-state index is 0.179. The first-order valence-electron chi connectivity index (χ1n) is 8.43. The van der Waals surface area contributed by atoms with Crippen LogP contribution in [0.25, 0.3) is 6.08 Å². The Bertz CT molecular complexity index is 1000. The van der Waals surface area contributed by atoms with Crippen molar-refractivity contribution in [3.63, 3.8) is 0 Å². The Morgan fingerprint density at radius 3 is 2.50 bits per heavy atom. The van der Waals surface area contributed by atoms with Gasteiger partial charge in [-0.15, -0.1) is 0 Å². The second kappa shape index (κ2) is 7.47. The van der Waals surface area contributed by atoms with E-state index in [1.54, 1.807) is 45.0 Å². The fourth-order valence-corrected chi connectivity index (χ4v) is 2.54. The van der Waals surface area contributed by atoms with Crippen LogP contribution in [-0.4, -0.2) is 28.6 Å². The topological polar surface area (TPSA) is 115 Å². The third kappa shape index (κ3) is 3.83. The van der Waals surface area contributed by atoms with E-state index in [1.165, 1.54) is 23.2 Å². The molecule has 2 heterocycles. The van der Waals surface area contributed by atoms with Crippen LogP contribution in [0.1, 0.15) is 36.9 Å². The van der Waals surface area contributed by atoms with Gasteiger partial charge in [0.1, 0.15) is 10.7 Å². The van der Waals surface area contributed by atoms with Crippen LogP contribution >= 0.6 is 0 Å². The summed E-state index contributed by atoms with van der Waals surface area (Å²) < 4.78 is 10.2. The second-order valence-electron chi connectivity index (χ2n) is 6.29. The van der Waals surface area contributed by atoms with Crippen molar-refractivity contribution in [1.82, 2.24) is 0 Å². The van der Waals surface area contributed by atoms with E-state index in [-0.39, 0.29) is 17.4 Å². The van der Waals surface area contributed by atoms with Crippen molar-refractivity contribution in [2.75, 3.05) is 5.01 Å². The number of furan rings is 1. The molecule has 0 unspecified atom stereocenters. The number of hydrogen-bond donors (Lipinski definition) is 0. The number of hydrazone groups is 1. The maximum Gasteiger partial charge on any atom is 0.433 e. The van der Waals surface area contributed by atoms with Crippen molar-refractivity contribution in [3.8, 4) is 0 Å². The van der Waals surface area contributed by atoms with Crippen molar-refractivity contribution >= 4 is 35.2 Å². The molecule has 0 aliphatic carbocycles. The zero-order valence-electron chi connectivity index (χ0n) is 15.4. The van der Waals surface area contributed by atoms with Crippen LogP contribution in [0.3, 0.4) is 0 Å². The van der Waals surface area contributed by atoms with E-state index in [9.17, 15) is 19.7 Å². The number of carbonyl (C=O) groups is 2. The van der Waals surface area contributed by atoms with E-state index < -0.39 is 22.7 Å². The molecule has 1 amide bonds. The number of ether oxygens (including phenoxy) is 1. The Balaban J connectivity index is 1.81. The number of amides is 1. The molecule has 0 N–H and O–H groups in total. The lowest BCUT2D eigenvalue weighted by molar-refractivity contribution is -0.402. The Morgan fingerprint density at radius 1 is 1.25 bits per heavy atom. The smallest absolute Gasteiger partial charge is 0.433 e.